The van der Waals surface area contributed by atoms with Crippen molar-refractivity contribution in [1.82, 2.24) is 0 Å². The van der Waals surface area contributed by atoms with Crippen molar-refractivity contribution in [1.29, 1.82) is 0 Å². The maximum Gasteiger partial charge on any atom is 0.163 e. The van der Waals surface area contributed by atoms with Gasteiger partial charge in [-0.2, -0.15) is 0 Å². The summed E-state index contributed by atoms with van der Waals surface area (Å²) in [6.07, 6.45) is 0. The van der Waals surface area contributed by atoms with Gasteiger partial charge in [-0.25, -0.2) is 0 Å². The van der Waals surface area contributed by atoms with Crippen LogP contribution in [-0.4, -0.2) is 11.6 Å². The van der Waals surface area contributed by atoms with E-state index in [0.717, 1.165) is 0 Å². The molecule has 0 aliphatic carbocycles. The molecular weight excluding hydrogens is 340 g/mol. The number of nitrogen functional groups attached to an aromatic ring is 2. The van der Waals surface area contributed by atoms with Crippen molar-refractivity contribution in [3.8, 4) is 0 Å². The highest BCUT2D eigenvalue weighted by molar-refractivity contribution is 9.11. The van der Waals surface area contributed by atoms with Gasteiger partial charge in [0.15, 0.2) is 11.6 Å². The van der Waals surface area contributed by atoms with Crippen LogP contribution >= 0.6 is 31.9 Å². The summed E-state index contributed by atoms with van der Waals surface area (Å²) in [5.41, 5.74) is 12.4. The molecule has 4 N–H and O–H groups in total. The summed E-state index contributed by atoms with van der Waals surface area (Å²) in [5.74, 6) is -0.445. The molecule has 1 rings (SSSR count). The van der Waals surface area contributed by atoms with Gasteiger partial charge in [-0.15, -0.1) is 0 Å². The quantitative estimate of drug-likeness (QED) is 0.635. The van der Waals surface area contributed by atoms with Crippen LogP contribution in [0.15, 0.2) is 8.95 Å². The molecule has 0 unspecified atom stereocenters. The van der Waals surface area contributed by atoms with Crippen molar-refractivity contribution < 1.29 is 9.59 Å². The smallest absolute Gasteiger partial charge is 0.163 e. The first-order valence-corrected chi connectivity index (χ1v) is 5.95. The van der Waals surface area contributed by atoms with Crippen LogP contribution in [0.3, 0.4) is 0 Å². The van der Waals surface area contributed by atoms with Crippen molar-refractivity contribution in [3.63, 3.8) is 0 Å². The SMILES string of the molecule is CC(=O)c1c(N)c(N)c(Br)c(C(C)=O)c1Br. The Morgan fingerprint density at radius 1 is 0.875 bits per heavy atom. The first-order valence-electron chi connectivity index (χ1n) is 4.36. The number of hydrogen-bond donors (Lipinski definition) is 2. The third-order valence-electron chi connectivity index (χ3n) is 2.16. The van der Waals surface area contributed by atoms with Gasteiger partial charge >= 0.3 is 0 Å². The van der Waals surface area contributed by atoms with E-state index in [9.17, 15) is 9.59 Å². The van der Waals surface area contributed by atoms with Gasteiger partial charge in [-0.1, -0.05) is 0 Å². The average molecular weight is 350 g/mol. The molecule has 16 heavy (non-hydrogen) atoms. The van der Waals surface area contributed by atoms with E-state index in [4.69, 9.17) is 11.5 Å². The molecule has 0 saturated carbocycles. The highest BCUT2D eigenvalue weighted by atomic mass is 79.9. The molecule has 0 amide bonds. The van der Waals surface area contributed by atoms with E-state index in [0.29, 0.717) is 14.5 Å². The highest BCUT2D eigenvalue weighted by Crippen LogP contribution is 2.39. The summed E-state index contributed by atoms with van der Waals surface area (Å²) in [5, 5.41) is 0. The molecule has 0 aliphatic heterocycles. The molecule has 0 aliphatic rings. The number of rotatable bonds is 2. The largest absolute Gasteiger partial charge is 0.396 e. The lowest BCUT2D eigenvalue weighted by atomic mass is 10.0. The summed E-state index contributed by atoms with van der Waals surface area (Å²) < 4.78 is 0.792. The van der Waals surface area contributed by atoms with Crippen LogP contribution in [0.4, 0.5) is 11.4 Å². The molecule has 1 aromatic carbocycles. The number of hydrogen-bond acceptors (Lipinski definition) is 4. The van der Waals surface area contributed by atoms with Gasteiger partial charge in [0.05, 0.1) is 21.4 Å². The minimum absolute atomic E-state index is 0.177. The molecule has 0 atom stereocenters. The molecule has 0 spiro atoms. The number of anilines is 2. The molecule has 0 heterocycles. The van der Waals surface area contributed by atoms with Gasteiger partial charge in [0, 0.05) is 10.0 Å². The van der Waals surface area contributed by atoms with E-state index in [1.165, 1.54) is 13.8 Å². The minimum atomic E-state index is -0.244. The molecule has 6 heteroatoms. The Bertz CT molecular complexity index is 457. The van der Waals surface area contributed by atoms with E-state index in [1.807, 2.05) is 0 Å². The zero-order valence-electron chi connectivity index (χ0n) is 8.73. The van der Waals surface area contributed by atoms with Crippen molar-refractivity contribution in [2.45, 2.75) is 13.8 Å². The number of nitrogens with two attached hydrogens (primary N) is 2. The Morgan fingerprint density at radius 3 is 1.69 bits per heavy atom. The predicted octanol–water partition coefficient (Wildman–Crippen LogP) is 2.78. The zero-order valence-corrected chi connectivity index (χ0v) is 11.9. The van der Waals surface area contributed by atoms with Crippen LogP contribution < -0.4 is 11.5 Å². The summed E-state index contributed by atoms with van der Waals surface area (Å²) in [6.45, 7) is 2.76. The van der Waals surface area contributed by atoms with Gasteiger partial charge < -0.3 is 11.5 Å². The first-order chi connectivity index (χ1) is 7.29. The lowest BCUT2D eigenvalue weighted by Crippen LogP contribution is -2.10. The lowest BCUT2D eigenvalue weighted by Gasteiger charge is -2.14. The topological polar surface area (TPSA) is 86.2 Å². The van der Waals surface area contributed by atoms with Crippen LogP contribution in [0.25, 0.3) is 0 Å². The van der Waals surface area contributed by atoms with Gasteiger partial charge in [-0.3, -0.25) is 9.59 Å². The number of Topliss-reactive ketones (excluding diaryl/α,β-unsaturated/α-hetero) is 2. The lowest BCUT2D eigenvalue weighted by molar-refractivity contribution is 0.101. The maximum atomic E-state index is 11.5. The third kappa shape index (κ3) is 1.99. The normalized spacial score (nSPS) is 10.2. The molecule has 0 bridgehead atoms. The third-order valence-corrected chi connectivity index (χ3v) is 3.78. The minimum Gasteiger partial charge on any atom is -0.396 e. The molecule has 0 fully saturated rings. The zero-order chi connectivity index (χ0) is 12.6. The van der Waals surface area contributed by atoms with Gasteiger partial charge in [-0.05, 0) is 45.7 Å². The molecule has 4 nitrogen and oxygen atoms in total. The van der Waals surface area contributed by atoms with Crippen LogP contribution in [0.5, 0.6) is 0 Å². The second-order valence-electron chi connectivity index (χ2n) is 3.32. The molecule has 1 aromatic rings. The molecular formula is C10H10Br2N2O2. The number of carbonyl (C=O) groups excluding carboxylic acids is 2. The van der Waals surface area contributed by atoms with E-state index >= 15 is 0 Å². The van der Waals surface area contributed by atoms with Crippen molar-refractivity contribution in [2.24, 2.45) is 0 Å². The number of benzene rings is 1. The Kier molecular flexibility index (Phi) is 3.75. The number of carbonyl (C=O) groups is 2. The Hall–Kier alpha value is -0.880. The summed E-state index contributed by atoms with van der Waals surface area (Å²) in [4.78, 5) is 22.9. The fourth-order valence-electron chi connectivity index (χ4n) is 1.38. The van der Waals surface area contributed by atoms with Crippen LogP contribution in [0.2, 0.25) is 0 Å². The fraction of sp³-hybridized carbons (Fsp3) is 0.200. The summed E-state index contributed by atoms with van der Waals surface area (Å²) in [6, 6.07) is 0. The fourth-order valence-corrected chi connectivity index (χ4v) is 3.31. The summed E-state index contributed by atoms with van der Waals surface area (Å²) >= 11 is 6.41. The second-order valence-corrected chi connectivity index (χ2v) is 4.90. The Labute approximate surface area is 110 Å². The van der Waals surface area contributed by atoms with Crippen molar-refractivity contribution >= 4 is 54.8 Å². The monoisotopic (exact) mass is 348 g/mol. The molecule has 86 valence electrons. The van der Waals surface area contributed by atoms with Gasteiger partial charge in [0.2, 0.25) is 0 Å². The van der Waals surface area contributed by atoms with Gasteiger partial charge in [0.25, 0.3) is 0 Å². The van der Waals surface area contributed by atoms with Crippen LogP contribution in [0.1, 0.15) is 34.6 Å². The maximum absolute atomic E-state index is 11.5. The van der Waals surface area contributed by atoms with E-state index in [2.05, 4.69) is 31.9 Å². The van der Waals surface area contributed by atoms with Gasteiger partial charge in [0.1, 0.15) is 0 Å². The first kappa shape index (κ1) is 13.2. The van der Waals surface area contributed by atoms with E-state index in [1.54, 1.807) is 0 Å². The predicted molar refractivity (Wildman–Crippen MR) is 70.7 cm³/mol. The van der Waals surface area contributed by atoms with Crippen LogP contribution in [-0.2, 0) is 0 Å². The van der Waals surface area contributed by atoms with E-state index in [-0.39, 0.29) is 28.5 Å². The van der Waals surface area contributed by atoms with Crippen molar-refractivity contribution in [3.05, 3.63) is 20.1 Å². The average Bonchev–Trinajstić information content (AvgIpc) is 2.13. The Morgan fingerprint density at radius 2 is 1.31 bits per heavy atom. The van der Waals surface area contributed by atoms with E-state index < -0.39 is 0 Å². The highest BCUT2D eigenvalue weighted by Gasteiger charge is 2.22. The van der Waals surface area contributed by atoms with Crippen LogP contribution in [0, 0.1) is 0 Å². The second kappa shape index (κ2) is 4.55. The van der Waals surface area contributed by atoms with Crippen molar-refractivity contribution in [2.75, 3.05) is 11.5 Å². The standard InChI is InChI=1S/C10H10Br2N2O2/c1-3(15)5-7(11)6(4(2)16)9(13)10(14)8(5)12/h13-14H2,1-2H3. The number of halogens is 2. The molecule has 0 aromatic heterocycles. The Balaban J connectivity index is 3.80. The number of ketones is 2. The molecule has 0 saturated heterocycles. The molecule has 0 radical (unpaired) electrons. The summed E-state index contributed by atoms with van der Waals surface area (Å²) in [7, 11) is 0.